The first-order chi connectivity index (χ1) is 13.4. The summed E-state index contributed by atoms with van der Waals surface area (Å²) in [6.07, 6.45) is -2.52. The number of alkyl halides is 2. The number of rotatable bonds is 9. The number of guanidine groups is 1. The summed E-state index contributed by atoms with van der Waals surface area (Å²) in [5.74, 6) is 1.12. The van der Waals surface area contributed by atoms with E-state index < -0.39 is 13.0 Å². The van der Waals surface area contributed by atoms with E-state index >= 15 is 0 Å². The molecule has 1 aromatic heterocycles. The second kappa shape index (κ2) is 12.9. The molecule has 0 amide bonds. The minimum Gasteiger partial charge on any atom is -0.488 e. The molecule has 0 aliphatic rings. The summed E-state index contributed by atoms with van der Waals surface area (Å²) in [5, 5.41) is 6.21. The molecule has 2 rings (SSSR count). The maximum Gasteiger partial charge on any atom is 0.272 e. The van der Waals surface area contributed by atoms with Crippen LogP contribution in [0.3, 0.4) is 0 Å². The Balaban J connectivity index is 0.00000420. The summed E-state index contributed by atoms with van der Waals surface area (Å²) in [6, 6.07) is 7.07. The molecule has 162 valence electrons. The Kier molecular flexibility index (Phi) is 11.4. The van der Waals surface area contributed by atoms with Crippen molar-refractivity contribution < 1.29 is 18.3 Å². The number of methoxy groups -OCH3 is 1. The number of nitrogens with one attached hydrogen (secondary N) is 1. The Morgan fingerprint density at radius 2 is 2.14 bits per heavy atom. The second-order valence-electron chi connectivity index (χ2n) is 6.16. The molecule has 0 saturated carbocycles. The highest BCUT2D eigenvalue weighted by Crippen LogP contribution is 2.21. The lowest BCUT2D eigenvalue weighted by atomic mass is 10.2. The number of nitrogens with zero attached hydrogens (tertiary/aromatic N) is 3. The highest BCUT2D eigenvalue weighted by molar-refractivity contribution is 14.0. The van der Waals surface area contributed by atoms with Crippen LogP contribution < -0.4 is 10.1 Å². The first-order valence-corrected chi connectivity index (χ1v) is 9.69. The van der Waals surface area contributed by atoms with Crippen molar-refractivity contribution in [1.82, 2.24) is 15.2 Å². The van der Waals surface area contributed by atoms with E-state index in [2.05, 4.69) is 15.3 Å². The summed E-state index contributed by atoms with van der Waals surface area (Å²) in [5.41, 5.74) is 1.85. The summed E-state index contributed by atoms with van der Waals surface area (Å²) in [6.45, 7) is 2.45. The van der Waals surface area contributed by atoms with Gasteiger partial charge in [0, 0.05) is 33.1 Å². The van der Waals surface area contributed by atoms with E-state index in [-0.39, 0.29) is 30.1 Å². The zero-order chi connectivity index (χ0) is 20.5. The quantitative estimate of drug-likeness (QED) is 0.292. The van der Waals surface area contributed by atoms with Crippen LogP contribution in [-0.2, 0) is 17.8 Å². The van der Waals surface area contributed by atoms with Crippen molar-refractivity contribution in [2.45, 2.75) is 32.5 Å². The van der Waals surface area contributed by atoms with Crippen LogP contribution >= 0.6 is 35.3 Å². The predicted octanol–water partition coefficient (Wildman–Crippen LogP) is 4.32. The van der Waals surface area contributed by atoms with Crippen molar-refractivity contribution >= 4 is 41.3 Å². The molecule has 2 aromatic rings. The van der Waals surface area contributed by atoms with Gasteiger partial charge >= 0.3 is 0 Å². The fraction of sp³-hybridized carbons (Fsp3) is 0.474. The number of aromatic nitrogens is 1. The van der Waals surface area contributed by atoms with Gasteiger partial charge in [0.05, 0.1) is 12.2 Å². The topological polar surface area (TPSA) is 59.0 Å². The Hall–Kier alpha value is -1.53. The molecule has 1 N–H and O–H groups in total. The van der Waals surface area contributed by atoms with E-state index in [0.29, 0.717) is 24.8 Å². The molecular formula is C19H27F2IN4O2S. The van der Waals surface area contributed by atoms with Gasteiger partial charge < -0.3 is 19.7 Å². The highest BCUT2D eigenvalue weighted by atomic mass is 127. The van der Waals surface area contributed by atoms with Crippen LogP contribution in [0.5, 0.6) is 5.75 Å². The third-order valence-corrected chi connectivity index (χ3v) is 5.02. The first-order valence-electron chi connectivity index (χ1n) is 8.81. The Bertz CT molecular complexity index is 776. The van der Waals surface area contributed by atoms with Crippen molar-refractivity contribution in [3.05, 3.63) is 45.9 Å². The zero-order valence-corrected chi connectivity index (χ0v) is 20.0. The van der Waals surface area contributed by atoms with Gasteiger partial charge in [-0.25, -0.2) is 13.8 Å². The van der Waals surface area contributed by atoms with E-state index in [4.69, 9.17) is 9.47 Å². The number of aliphatic imine (C=N–C) groups is 1. The predicted molar refractivity (Wildman–Crippen MR) is 123 cm³/mol. The van der Waals surface area contributed by atoms with Crippen molar-refractivity contribution in [3.8, 4) is 5.75 Å². The van der Waals surface area contributed by atoms with Crippen LogP contribution in [0, 0.1) is 0 Å². The molecule has 0 saturated heterocycles. The van der Waals surface area contributed by atoms with Gasteiger partial charge in [0.25, 0.3) is 6.43 Å². The molecular weight excluding hydrogens is 513 g/mol. The molecule has 0 fully saturated rings. The first kappa shape index (κ1) is 25.5. The van der Waals surface area contributed by atoms with E-state index in [0.717, 1.165) is 16.3 Å². The summed E-state index contributed by atoms with van der Waals surface area (Å²) >= 11 is 1.57. The van der Waals surface area contributed by atoms with Crippen molar-refractivity contribution in [1.29, 1.82) is 0 Å². The Morgan fingerprint density at radius 3 is 2.79 bits per heavy atom. The number of hydrogen-bond donors (Lipinski definition) is 1. The van der Waals surface area contributed by atoms with Gasteiger partial charge in [0.2, 0.25) is 0 Å². The number of thiazole rings is 1. The standard InChI is InChI=1S/C19H26F2N4O2S.HI/c1-13(26-4)18-24-15(12-28-18)10-25(3)19(22-2)23-9-14-6-5-7-16(8-14)27-11-17(20)21;/h5-8,12-13,17H,9-11H2,1-4H3,(H,22,23);1H. The number of ether oxygens (including phenoxy) is 2. The van der Waals surface area contributed by atoms with Crippen LogP contribution in [0.25, 0.3) is 0 Å². The molecule has 1 unspecified atom stereocenters. The summed E-state index contributed by atoms with van der Waals surface area (Å²) in [7, 11) is 5.30. The lowest BCUT2D eigenvalue weighted by Gasteiger charge is -2.21. The van der Waals surface area contributed by atoms with Crippen LogP contribution in [0.4, 0.5) is 8.78 Å². The molecule has 0 bridgehead atoms. The van der Waals surface area contributed by atoms with Crippen LogP contribution in [-0.4, -0.2) is 50.1 Å². The molecule has 6 nitrogen and oxygen atoms in total. The maximum atomic E-state index is 12.3. The normalized spacial score (nSPS) is 12.4. The average Bonchev–Trinajstić information content (AvgIpc) is 3.15. The molecule has 0 spiro atoms. The fourth-order valence-corrected chi connectivity index (χ4v) is 3.31. The smallest absolute Gasteiger partial charge is 0.272 e. The maximum absolute atomic E-state index is 12.3. The van der Waals surface area contributed by atoms with Gasteiger partial charge in [-0.15, -0.1) is 35.3 Å². The van der Waals surface area contributed by atoms with Gasteiger partial charge in [-0.1, -0.05) is 12.1 Å². The summed E-state index contributed by atoms with van der Waals surface area (Å²) in [4.78, 5) is 10.9. The van der Waals surface area contributed by atoms with Gasteiger partial charge in [-0.2, -0.15) is 0 Å². The van der Waals surface area contributed by atoms with Gasteiger partial charge in [0.1, 0.15) is 23.5 Å². The van der Waals surface area contributed by atoms with Crippen molar-refractivity contribution in [3.63, 3.8) is 0 Å². The molecule has 29 heavy (non-hydrogen) atoms. The molecule has 1 heterocycles. The van der Waals surface area contributed by atoms with Gasteiger partial charge in [-0.05, 0) is 24.6 Å². The van der Waals surface area contributed by atoms with E-state index in [1.54, 1.807) is 43.7 Å². The monoisotopic (exact) mass is 540 g/mol. The number of halogens is 3. The number of hydrogen-bond acceptors (Lipinski definition) is 5. The average molecular weight is 540 g/mol. The molecule has 10 heteroatoms. The van der Waals surface area contributed by atoms with E-state index in [1.165, 1.54) is 0 Å². The third kappa shape index (κ3) is 8.39. The lowest BCUT2D eigenvalue weighted by Crippen LogP contribution is -2.38. The molecule has 1 aromatic carbocycles. The molecule has 0 aliphatic heterocycles. The zero-order valence-electron chi connectivity index (χ0n) is 16.9. The van der Waals surface area contributed by atoms with Crippen LogP contribution in [0.2, 0.25) is 0 Å². The minimum atomic E-state index is -2.49. The summed E-state index contributed by atoms with van der Waals surface area (Å²) < 4.78 is 34.9. The van der Waals surface area contributed by atoms with Gasteiger partial charge in [0.15, 0.2) is 5.96 Å². The Labute approximate surface area is 191 Å². The fourth-order valence-electron chi connectivity index (χ4n) is 2.47. The second-order valence-corrected chi connectivity index (χ2v) is 7.05. The Morgan fingerprint density at radius 1 is 1.38 bits per heavy atom. The highest BCUT2D eigenvalue weighted by Gasteiger charge is 2.13. The molecule has 1 atom stereocenters. The van der Waals surface area contributed by atoms with Crippen molar-refractivity contribution in [2.75, 3.05) is 27.8 Å². The lowest BCUT2D eigenvalue weighted by molar-refractivity contribution is 0.0818. The third-order valence-electron chi connectivity index (χ3n) is 3.97. The van der Waals surface area contributed by atoms with Crippen molar-refractivity contribution in [2.24, 2.45) is 4.99 Å². The van der Waals surface area contributed by atoms with Gasteiger partial charge in [-0.3, -0.25) is 4.99 Å². The molecule has 0 aliphatic carbocycles. The van der Waals surface area contributed by atoms with Crippen LogP contribution in [0.15, 0.2) is 34.6 Å². The van der Waals surface area contributed by atoms with E-state index in [1.807, 2.05) is 30.3 Å². The number of benzene rings is 1. The van der Waals surface area contributed by atoms with Crippen LogP contribution in [0.1, 0.15) is 29.3 Å². The molecule has 0 radical (unpaired) electrons. The SMILES string of the molecule is CN=C(NCc1cccc(OCC(F)F)c1)N(C)Cc1csc(C(C)OC)n1.I. The minimum absolute atomic E-state index is 0. The van der Waals surface area contributed by atoms with E-state index in [9.17, 15) is 8.78 Å². The largest absolute Gasteiger partial charge is 0.488 e.